The number of carbonyl (C=O) groups excluding carboxylic acids is 1. The molecule has 0 saturated carbocycles. The van der Waals surface area contributed by atoms with Gasteiger partial charge in [-0.25, -0.2) is 0 Å². The van der Waals surface area contributed by atoms with E-state index in [1.165, 1.54) is 17.4 Å². The van der Waals surface area contributed by atoms with E-state index in [4.69, 9.17) is 10.8 Å². The van der Waals surface area contributed by atoms with Crippen molar-refractivity contribution in [1.82, 2.24) is 5.73 Å². The van der Waals surface area contributed by atoms with Crippen molar-refractivity contribution < 1.29 is 9.90 Å². The summed E-state index contributed by atoms with van der Waals surface area (Å²) in [6.45, 7) is 0. The van der Waals surface area contributed by atoms with E-state index in [1.807, 2.05) is 0 Å². The van der Waals surface area contributed by atoms with Crippen LogP contribution < -0.4 is 5.73 Å². The fourth-order valence-electron chi connectivity index (χ4n) is 0.612. The molecule has 0 aromatic carbocycles. The molecule has 0 spiro atoms. The van der Waals surface area contributed by atoms with Crippen LogP contribution in [0.2, 0.25) is 0 Å². The van der Waals surface area contributed by atoms with Gasteiger partial charge in [0.05, 0.1) is 11.3 Å². The lowest BCUT2D eigenvalue weighted by atomic mass is 10.3. The molecular formula is C6H6NO2S. The summed E-state index contributed by atoms with van der Waals surface area (Å²) in [6.07, 6.45) is 0.0174. The Kier molecular flexibility index (Phi) is 1.91. The van der Waals surface area contributed by atoms with Crippen molar-refractivity contribution in [2.24, 2.45) is 0 Å². The van der Waals surface area contributed by atoms with Crippen LogP contribution in [0, 0.1) is 0 Å². The van der Waals surface area contributed by atoms with Gasteiger partial charge < -0.3 is 5.11 Å². The Morgan fingerprint density at radius 3 is 2.90 bits per heavy atom. The minimum Gasteiger partial charge on any atom is -0.507 e. The second-order valence-corrected chi connectivity index (χ2v) is 2.83. The van der Waals surface area contributed by atoms with E-state index in [-0.39, 0.29) is 12.2 Å². The minimum atomic E-state index is -0.669. The van der Waals surface area contributed by atoms with Gasteiger partial charge in [-0.3, -0.25) is 10.5 Å². The van der Waals surface area contributed by atoms with Gasteiger partial charge in [0.15, 0.2) is 0 Å². The quantitative estimate of drug-likeness (QED) is 0.688. The molecule has 3 nitrogen and oxygen atoms in total. The number of carbonyl (C=O) groups is 1. The minimum absolute atomic E-state index is 0.0174. The van der Waals surface area contributed by atoms with Crippen LogP contribution in [0.4, 0.5) is 0 Å². The van der Waals surface area contributed by atoms with Gasteiger partial charge in [0.1, 0.15) is 5.75 Å². The van der Waals surface area contributed by atoms with Crippen molar-refractivity contribution in [3.05, 3.63) is 16.3 Å². The maximum Gasteiger partial charge on any atom is 0.243 e. The van der Waals surface area contributed by atoms with Crippen LogP contribution in [0.3, 0.4) is 0 Å². The summed E-state index contributed by atoms with van der Waals surface area (Å²) in [7, 11) is 0. The normalized spacial score (nSPS) is 9.60. The average Bonchev–Trinajstić information content (AvgIpc) is 2.15. The lowest BCUT2D eigenvalue weighted by molar-refractivity contribution is -0.118. The third kappa shape index (κ3) is 1.48. The Bertz CT molecular complexity index is 244. The topological polar surface area (TPSA) is 61.1 Å². The highest BCUT2D eigenvalue weighted by Gasteiger charge is 2.04. The van der Waals surface area contributed by atoms with E-state index in [9.17, 15) is 4.79 Å². The Labute approximate surface area is 62.1 Å². The standard InChI is InChI=1S/C6H6NO2S/c7-6(9)3-5-4(8)1-2-10-5/h1-2,7-8H,3H2. The summed E-state index contributed by atoms with van der Waals surface area (Å²) in [6, 6.07) is 1.52. The second kappa shape index (κ2) is 2.70. The van der Waals surface area contributed by atoms with E-state index in [2.05, 4.69) is 0 Å². The van der Waals surface area contributed by atoms with Gasteiger partial charge in [0, 0.05) is 0 Å². The zero-order valence-electron chi connectivity index (χ0n) is 5.13. The Morgan fingerprint density at radius 2 is 2.50 bits per heavy atom. The molecule has 1 aromatic rings. The molecule has 1 amide bonds. The first-order chi connectivity index (χ1) is 4.70. The molecule has 1 heterocycles. The van der Waals surface area contributed by atoms with Crippen molar-refractivity contribution >= 4 is 17.2 Å². The Hall–Kier alpha value is -1.03. The first kappa shape index (κ1) is 7.08. The molecule has 0 atom stereocenters. The van der Waals surface area contributed by atoms with Crippen LogP contribution in [0.25, 0.3) is 0 Å². The first-order valence-corrected chi connectivity index (χ1v) is 3.58. The van der Waals surface area contributed by atoms with Crippen molar-refractivity contribution in [2.45, 2.75) is 6.42 Å². The van der Waals surface area contributed by atoms with Crippen LogP contribution in [0.1, 0.15) is 4.88 Å². The van der Waals surface area contributed by atoms with E-state index in [0.29, 0.717) is 4.88 Å². The fraction of sp³-hybridized carbons (Fsp3) is 0.167. The highest BCUT2D eigenvalue weighted by Crippen LogP contribution is 2.22. The average molecular weight is 156 g/mol. The van der Waals surface area contributed by atoms with Crippen molar-refractivity contribution in [3.8, 4) is 5.75 Å². The Balaban J connectivity index is 2.74. The molecule has 0 saturated heterocycles. The molecule has 0 fully saturated rings. The molecule has 0 unspecified atom stereocenters. The fourth-order valence-corrected chi connectivity index (χ4v) is 1.38. The molecule has 1 aromatic heterocycles. The van der Waals surface area contributed by atoms with Gasteiger partial charge in [0.25, 0.3) is 0 Å². The van der Waals surface area contributed by atoms with E-state index in [0.717, 1.165) is 0 Å². The van der Waals surface area contributed by atoms with E-state index < -0.39 is 5.91 Å². The zero-order chi connectivity index (χ0) is 7.56. The van der Waals surface area contributed by atoms with Gasteiger partial charge in [-0.1, -0.05) is 0 Å². The monoisotopic (exact) mass is 156 g/mol. The van der Waals surface area contributed by atoms with Gasteiger partial charge in [-0.05, 0) is 11.4 Å². The summed E-state index contributed by atoms with van der Waals surface area (Å²) in [5.41, 5.74) is 6.61. The van der Waals surface area contributed by atoms with Gasteiger partial charge >= 0.3 is 0 Å². The molecule has 0 aliphatic rings. The number of nitrogens with one attached hydrogen (secondary N) is 1. The van der Waals surface area contributed by atoms with E-state index >= 15 is 0 Å². The molecular weight excluding hydrogens is 150 g/mol. The van der Waals surface area contributed by atoms with Crippen molar-refractivity contribution in [1.29, 1.82) is 0 Å². The number of hydrogen-bond donors (Lipinski definition) is 1. The Morgan fingerprint density at radius 1 is 1.80 bits per heavy atom. The molecule has 0 aliphatic carbocycles. The zero-order valence-corrected chi connectivity index (χ0v) is 5.94. The summed E-state index contributed by atoms with van der Waals surface area (Å²) in [5, 5.41) is 10.7. The SMILES string of the molecule is [NH]C(=O)Cc1sccc1O. The maximum absolute atomic E-state index is 10.2. The first-order valence-electron chi connectivity index (χ1n) is 2.70. The number of thiophene rings is 1. The largest absolute Gasteiger partial charge is 0.507 e. The molecule has 0 aliphatic heterocycles. The molecule has 4 heteroatoms. The van der Waals surface area contributed by atoms with Crippen LogP contribution in [-0.2, 0) is 11.2 Å². The molecule has 1 rings (SSSR count). The summed E-state index contributed by atoms with van der Waals surface area (Å²) in [4.78, 5) is 10.8. The lowest BCUT2D eigenvalue weighted by Crippen LogP contribution is -2.00. The number of aromatic hydroxyl groups is 1. The van der Waals surface area contributed by atoms with Crippen molar-refractivity contribution in [3.63, 3.8) is 0 Å². The van der Waals surface area contributed by atoms with Crippen molar-refractivity contribution in [2.75, 3.05) is 0 Å². The third-order valence-corrected chi connectivity index (χ3v) is 1.95. The number of amides is 1. The summed E-state index contributed by atoms with van der Waals surface area (Å²) >= 11 is 1.29. The highest BCUT2D eigenvalue weighted by molar-refractivity contribution is 7.10. The molecule has 10 heavy (non-hydrogen) atoms. The predicted octanol–water partition coefficient (Wildman–Crippen LogP) is 0.806. The molecule has 0 bridgehead atoms. The maximum atomic E-state index is 10.2. The lowest BCUT2D eigenvalue weighted by Gasteiger charge is -1.90. The van der Waals surface area contributed by atoms with Crippen LogP contribution in [0.5, 0.6) is 5.75 Å². The molecule has 53 valence electrons. The number of hydrogen-bond acceptors (Lipinski definition) is 3. The molecule has 1 radical (unpaired) electrons. The summed E-state index contributed by atoms with van der Waals surface area (Å²) in [5.74, 6) is -0.552. The summed E-state index contributed by atoms with van der Waals surface area (Å²) < 4.78 is 0. The van der Waals surface area contributed by atoms with Gasteiger partial charge in [-0.2, -0.15) is 0 Å². The van der Waals surface area contributed by atoms with Gasteiger partial charge in [-0.15, -0.1) is 11.3 Å². The molecule has 2 N–H and O–H groups in total. The predicted molar refractivity (Wildman–Crippen MR) is 37.8 cm³/mol. The highest BCUT2D eigenvalue weighted by atomic mass is 32.1. The van der Waals surface area contributed by atoms with Gasteiger partial charge in [0.2, 0.25) is 5.91 Å². The van der Waals surface area contributed by atoms with E-state index in [1.54, 1.807) is 5.38 Å². The van der Waals surface area contributed by atoms with Crippen LogP contribution in [0.15, 0.2) is 11.4 Å². The smallest absolute Gasteiger partial charge is 0.243 e. The number of rotatable bonds is 2. The van der Waals surface area contributed by atoms with Crippen LogP contribution >= 0.6 is 11.3 Å². The van der Waals surface area contributed by atoms with Crippen LogP contribution in [-0.4, -0.2) is 11.0 Å². The third-order valence-electron chi connectivity index (χ3n) is 1.04. The second-order valence-electron chi connectivity index (χ2n) is 1.83.